The fourth-order valence-electron chi connectivity index (χ4n) is 2.77. The minimum absolute atomic E-state index is 0.0421. The third kappa shape index (κ3) is 3.20. The second-order valence-electron chi connectivity index (χ2n) is 5.74. The van der Waals surface area contributed by atoms with Gasteiger partial charge in [-0.25, -0.2) is 13.4 Å². The Bertz CT molecular complexity index is 821. The van der Waals surface area contributed by atoms with Crippen molar-refractivity contribution in [1.29, 1.82) is 0 Å². The Morgan fingerprint density at radius 2 is 2.04 bits per heavy atom. The van der Waals surface area contributed by atoms with Gasteiger partial charge < -0.3 is 4.52 Å². The van der Waals surface area contributed by atoms with Crippen LogP contribution in [0.2, 0.25) is 0 Å². The van der Waals surface area contributed by atoms with Crippen LogP contribution in [0.15, 0.2) is 39.2 Å². The summed E-state index contributed by atoms with van der Waals surface area (Å²) in [4.78, 5) is 16.1. The summed E-state index contributed by atoms with van der Waals surface area (Å²) in [7, 11) is -3.53. The molecule has 9 heteroatoms. The quantitative estimate of drug-likeness (QED) is 0.811. The summed E-state index contributed by atoms with van der Waals surface area (Å²) >= 11 is 0. The first-order valence-electron chi connectivity index (χ1n) is 7.39. The molecule has 2 aromatic heterocycles. The van der Waals surface area contributed by atoms with Crippen molar-refractivity contribution in [3.8, 4) is 0 Å². The van der Waals surface area contributed by atoms with Crippen molar-refractivity contribution in [3.63, 3.8) is 0 Å². The highest BCUT2D eigenvalue weighted by Crippen LogP contribution is 2.24. The van der Waals surface area contributed by atoms with E-state index in [1.54, 1.807) is 17.7 Å². The Morgan fingerprint density at radius 3 is 2.70 bits per heavy atom. The van der Waals surface area contributed by atoms with Crippen LogP contribution >= 0.6 is 0 Å². The highest BCUT2D eigenvalue weighted by Gasteiger charge is 2.30. The lowest BCUT2D eigenvalue weighted by atomic mass is 9.98. The highest BCUT2D eigenvalue weighted by molar-refractivity contribution is 7.89. The summed E-state index contributed by atoms with van der Waals surface area (Å²) in [6, 6.07) is 0. The monoisotopic (exact) mass is 338 g/mol. The number of sulfonamides is 1. The van der Waals surface area contributed by atoms with E-state index in [0.717, 1.165) is 6.26 Å². The van der Waals surface area contributed by atoms with E-state index in [1.165, 1.54) is 16.8 Å². The van der Waals surface area contributed by atoms with Gasteiger partial charge >= 0.3 is 0 Å². The van der Waals surface area contributed by atoms with Gasteiger partial charge in [-0.3, -0.25) is 9.36 Å². The number of hydrogen-bond acceptors (Lipinski definition) is 6. The van der Waals surface area contributed by atoms with E-state index in [1.807, 2.05) is 0 Å². The molecule has 3 heterocycles. The predicted octanol–water partition coefficient (Wildman–Crippen LogP) is 0.641. The molecule has 0 spiro atoms. The van der Waals surface area contributed by atoms with E-state index in [0.29, 0.717) is 38.0 Å². The van der Waals surface area contributed by atoms with Gasteiger partial charge in [0.15, 0.2) is 0 Å². The molecule has 1 saturated heterocycles. The van der Waals surface area contributed by atoms with Crippen LogP contribution in [0, 0.1) is 12.8 Å². The van der Waals surface area contributed by atoms with Crippen LogP contribution in [0.3, 0.4) is 0 Å². The number of aromatic nitrogens is 3. The van der Waals surface area contributed by atoms with Crippen molar-refractivity contribution < 1.29 is 12.9 Å². The normalized spacial score (nSPS) is 17.4. The minimum Gasteiger partial charge on any atom is -0.363 e. The van der Waals surface area contributed by atoms with Gasteiger partial charge in [0, 0.05) is 31.4 Å². The van der Waals surface area contributed by atoms with Crippen LogP contribution in [-0.4, -0.2) is 40.5 Å². The number of aryl methyl sites for hydroxylation is 1. The standard InChI is InChI=1S/C14H18N4O4S/c1-11-6-15-10-17(14(11)19)8-12-2-4-18(5-3-12)23(20,21)13-7-16-22-9-13/h6-7,9-10,12H,2-5,8H2,1H3. The van der Waals surface area contributed by atoms with Gasteiger partial charge in [-0.05, 0) is 25.7 Å². The summed E-state index contributed by atoms with van der Waals surface area (Å²) in [6.45, 7) is 3.15. The largest absolute Gasteiger partial charge is 0.363 e. The average molecular weight is 338 g/mol. The van der Waals surface area contributed by atoms with E-state index in [4.69, 9.17) is 0 Å². The number of hydrogen-bond donors (Lipinski definition) is 0. The molecule has 0 aliphatic carbocycles. The predicted molar refractivity (Wildman–Crippen MR) is 81.2 cm³/mol. The Morgan fingerprint density at radius 1 is 1.30 bits per heavy atom. The molecule has 1 aliphatic rings. The molecule has 1 aliphatic heterocycles. The van der Waals surface area contributed by atoms with Gasteiger partial charge in [0.05, 0.1) is 12.5 Å². The van der Waals surface area contributed by atoms with E-state index in [2.05, 4.69) is 14.7 Å². The van der Waals surface area contributed by atoms with E-state index >= 15 is 0 Å². The maximum absolute atomic E-state index is 12.4. The molecule has 1 fully saturated rings. The zero-order chi connectivity index (χ0) is 16.4. The molecule has 8 nitrogen and oxygen atoms in total. The molecule has 124 valence electrons. The van der Waals surface area contributed by atoms with Gasteiger partial charge in [-0.15, -0.1) is 0 Å². The first-order chi connectivity index (χ1) is 11.0. The lowest BCUT2D eigenvalue weighted by Crippen LogP contribution is -2.40. The molecule has 0 amide bonds. The van der Waals surface area contributed by atoms with Gasteiger partial charge in [-0.2, -0.15) is 4.31 Å². The van der Waals surface area contributed by atoms with Gasteiger partial charge in [0.25, 0.3) is 5.56 Å². The molecular weight excluding hydrogens is 320 g/mol. The van der Waals surface area contributed by atoms with Crippen LogP contribution in [-0.2, 0) is 16.6 Å². The fraction of sp³-hybridized carbons (Fsp3) is 0.500. The fourth-order valence-corrected chi connectivity index (χ4v) is 4.10. The molecule has 23 heavy (non-hydrogen) atoms. The third-order valence-electron chi connectivity index (χ3n) is 4.15. The number of piperidine rings is 1. The topological polar surface area (TPSA) is 98.3 Å². The van der Waals surface area contributed by atoms with Crippen LogP contribution in [0.1, 0.15) is 18.4 Å². The van der Waals surface area contributed by atoms with Crippen LogP contribution in [0.5, 0.6) is 0 Å². The minimum atomic E-state index is -3.53. The Kier molecular flexibility index (Phi) is 4.31. The molecular formula is C14H18N4O4S. The first kappa shape index (κ1) is 15.9. The Balaban J connectivity index is 1.65. The van der Waals surface area contributed by atoms with Crippen LogP contribution < -0.4 is 5.56 Å². The SMILES string of the molecule is Cc1cncn(CC2CCN(S(=O)(=O)c3cnoc3)CC2)c1=O. The molecule has 0 bridgehead atoms. The number of rotatable bonds is 4. The highest BCUT2D eigenvalue weighted by atomic mass is 32.2. The maximum atomic E-state index is 12.4. The molecule has 3 rings (SSSR count). The van der Waals surface area contributed by atoms with Crippen LogP contribution in [0.25, 0.3) is 0 Å². The zero-order valence-corrected chi connectivity index (χ0v) is 13.6. The van der Waals surface area contributed by atoms with Crippen molar-refractivity contribution >= 4 is 10.0 Å². The van der Waals surface area contributed by atoms with Gasteiger partial charge in [-0.1, -0.05) is 5.16 Å². The maximum Gasteiger partial charge on any atom is 0.256 e. The van der Waals surface area contributed by atoms with Crippen molar-refractivity contribution in [2.75, 3.05) is 13.1 Å². The summed E-state index contributed by atoms with van der Waals surface area (Å²) < 4.78 is 32.4. The number of nitrogens with zero attached hydrogens (tertiary/aromatic N) is 4. The summed E-state index contributed by atoms with van der Waals surface area (Å²) in [5, 5.41) is 3.45. The second kappa shape index (κ2) is 6.25. The lowest BCUT2D eigenvalue weighted by molar-refractivity contribution is 0.250. The van der Waals surface area contributed by atoms with Crippen molar-refractivity contribution in [2.45, 2.75) is 31.2 Å². The van der Waals surface area contributed by atoms with E-state index < -0.39 is 10.0 Å². The van der Waals surface area contributed by atoms with Crippen molar-refractivity contribution in [1.82, 2.24) is 19.0 Å². The molecule has 0 N–H and O–H groups in total. The smallest absolute Gasteiger partial charge is 0.256 e. The van der Waals surface area contributed by atoms with Gasteiger partial charge in [0.1, 0.15) is 11.2 Å². The van der Waals surface area contributed by atoms with Crippen molar-refractivity contribution in [3.05, 3.63) is 40.9 Å². The molecule has 0 radical (unpaired) electrons. The van der Waals surface area contributed by atoms with Crippen LogP contribution in [0.4, 0.5) is 0 Å². The Labute approximate surface area is 133 Å². The summed E-state index contributed by atoms with van der Waals surface area (Å²) in [5.74, 6) is 0.255. The first-order valence-corrected chi connectivity index (χ1v) is 8.83. The molecule has 0 aromatic carbocycles. The summed E-state index contributed by atoms with van der Waals surface area (Å²) in [5.41, 5.74) is 0.569. The second-order valence-corrected chi connectivity index (χ2v) is 7.68. The molecule has 0 unspecified atom stereocenters. The molecule has 0 atom stereocenters. The molecule has 2 aromatic rings. The zero-order valence-electron chi connectivity index (χ0n) is 12.8. The summed E-state index contributed by atoms with van der Waals surface area (Å²) in [6.07, 6.45) is 6.83. The lowest BCUT2D eigenvalue weighted by Gasteiger charge is -2.30. The average Bonchev–Trinajstić information content (AvgIpc) is 3.08. The third-order valence-corrected chi connectivity index (χ3v) is 5.99. The van der Waals surface area contributed by atoms with E-state index in [-0.39, 0.29) is 16.4 Å². The van der Waals surface area contributed by atoms with Gasteiger partial charge in [0.2, 0.25) is 10.0 Å². The van der Waals surface area contributed by atoms with Crippen molar-refractivity contribution in [2.24, 2.45) is 5.92 Å². The Hall–Kier alpha value is -2.00. The van der Waals surface area contributed by atoms with E-state index in [9.17, 15) is 13.2 Å². The molecule has 0 saturated carbocycles.